The lowest BCUT2D eigenvalue weighted by molar-refractivity contribution is 0.167. The Balaban J connectivity index is 2.57. The Labute approximate surface area is 84.7 Å². The Hall–Kier alpha value is -1.06. The van der Waals surface area contributed by atoms with Crippen LogP contribution in [0.4, 0.5) is 0 Å². The number of aliphatic hydroxyl groups is 1. The summed E-state index contributed by atoms with van der Waals surface area (Å²) in [5, 5.41) is 12.7. The Morgan fingerprint density at radius 3 is 2.50 bits per heavy atom. The predicted octanol–water partition coefficient (Wildman–Crippen LogP) is 1.34. The average molecular weight is 195 g/mol. The van der Waals surface area contributed by atoms with Crippen LogP contribution >= 0.6 is 0 Å². The third kappa shape index (κ3) is 3.01. The first kappa shape index (κ1) is 11.0. The maximum atomic E-state index is 9.73. The number of benzene rings is 1. The molecule has 0 saturated heterocycles. The second-order valence-corrected chi connectivity index (χ2v) is 3.18. The first-order valence-electron chi connectivity index (χ1n) is 4.74. The molecule has 1 aromatic carbocycles. The number of rotatable bonds is 5. The van der Waals surface area contributed by atoms with Crippen molar-refractivity contribution in [2.45, 2.75) is 12.5 Å². The van der Waals surface area contributed by atoms with Crippen molar-refractivity contribution in [1.82, 2.24) is 5.32 Å². The summed E-state index contributed by atoms with van der Waals surface area (Å²) >= 11 is 0. The van der Waals surface area contributed by atoms with Crippen LogP contribution in [0.3, 0.4) is 0 Å². The summed E-state index contributed by atoms with van der Waals surface area (Å²) in [4.78, 5) is 0. The Bertz CT molecular complexity index is 258. The quantitative estimate of drug-likeness (QED) is 0.745. The lowest BCUT2D eigenvalue weighted by Crippen LogP contribution is -2.11. The van der Waals surface area contributed by atoms with Gasteiger partial charge in [-0.05, 0) is 37.7 Å². The van der Waals surface area contributed by atoms with Gasteiger partial charge in [-0.3, -0.25) is 0 Å². The number of hydrogen-bond acceptors (Lipinski definition) is 3. The van der Waals surface area contributed by atoms with Gasteiger partial charge in [0.1, 0.15) is 5.75 Å². The third-order valence-corrected chi connectivity index (χ3v) is 2.17. The largest absolute Gasteiger partial charge is 0.497 e. The Morgan fingerprint density at radius 1 is 1.36 bits per heavy atom. The van der Waals surface area contributed by atoms with E-state index in [1.807, 2.05) is 31.3 Å². The van der Waals surface area contributed by atoms with Crippen molar-refractivity contribution in [2.75, 3.05) is 20.7 Å². The van der Waals surface area contributed by atoms with Crippen LogP contribution in [-0.2, 0) is 0 Å². The summed E-state index contributed by atoms with van der Waals surface area (Å²) in [5.74, 6) is 0.814. The van der Waals surface area contributed by atoms with Crippen LogP contribution in [-0.4, -0.2) is 25.8 Å². The molecule has 0 amide bonds. The molecule has 0 aromatic heterocycles. The highest BCUT2D eigenvalue weighted by Gasteiger charge is 2.05. The molecule has 3 nitrogen and oxygen atoms in total. The van der Waals surface area contributed by atoms with E-state index in [0.717, 1.165) is 24.3 Å². The molecule has 0 spiro atoms. The van der Waals surface area contributed by atoms with E-state index in [2.05, 4.69) is 5.32 Å². The molecule has 0 fully saturated rings. The summed E-state index contributed by atoms with van der Waals surface area (Å²) in [7, 11) is 3.51. The van der Waals surface area contributed by atoms with Crippen LogP contribution in [0.1, 0.15) is 18.1 Å². The van der Waals surface area contributed by atoms with Crippen LogP contribution in [0.15, 0.2) is 24.3 Å². The van der Waals surface area contributed by atoms with Gasteiger partial charge in [-0.1, -0.05) is 12.1 Å². The van der Waals surface area contributed by atoms with Crippen molar-refractivity contribution < 1.29 is 9.84 Å². The van der Waals surface area contributed by atoms with E-state index in [4.69, 9.17) is 4.74 Å². The standard InChI is InChI=1S/C11H17NO2/c1-12-8-7-11(13)9-3-5-10(14-2)6-4-9/h3-6,11-13H,7-8H2,1-2H3. The van der Waals surface area contributed by atoms with Gasteiger partial charge in [-0.2, -0.15) is 0 Å². The number of nitrogens with one attached hydrogen (secondary N) is 1. The van der Waals surface area contributed by atoms with E-state index in [-0.39, 0.29) is 0 Å². The molecule has 1 aromatic rings. The first-order chi connectivity index (χ1) is 6.77. The van der Waals surface area contributed by atoms with E-state index in [1.165, 1.54) is 0 Å². The number of ether oxygens (including phenoxy) is 1. The molecule has 3 heteroatoms. The number of aliphatic hydroxyl groups excluding tert-OH is 1. The topological polar surface area (TPSA) is 41.5 Å². The van der Waals surface area contributed by atoms with E-state index < -0.39 is 6.10 Å². The van der Waals surface area contributed by atoms with Crippen molar-refractivity contribution in [3.05, 3.63) is 29.8 Å². The number of hydrogen-bond donors (Lipinski definition) is 2. The van der Waals surface area contributed by atoms with Crippen LogP contribution in [0.5, 0.6) is 5.75 Å². The molecule has 0 saturated carbocycles. The molecule has 1 atom stereocenters. The average Bonchev–Trinajstić information content (AvgIpc) is 2.26. The summed E-state index contributed by atoms with van der Waals surface area (Å²) in [6.45, 7) is 0.813. The molecule has 0 aliphatic heterocycles. The highest BCUT2D eigenvalue weighted by Crippen LogP contribution is 2.19. The van der Waals surface area contributed by atoms with Crippen LogP contribution in [0.2, 0.25) is 0 Å². The molecule has 78 valence electrons. The molecule has 0 heterocycles. The monoisotopic (exact) mass is 195 g/mol. The fraction of sp³-hybridized carbons (Fsp3) is 0.455. The third-order valence-electron chi connectivity index (χ3n) is 2.17. The van der Waals surface area contributed by atoms with Gasteiger partial charge in [0.25, 0.3) is 0 Å². The molecule has 0 aliphatic rings. The summed E-state index contributed by atoms with van der Waals surface area (Å²) in [6.07, 6.45) is 0.330. The van der Waals surface area contributed by atoms with E-state index in [0.29, 0.717) is 0 Å². The fourth-order valence-corrected chi connectivity index (χ4v) is 1.27. The zero-order valence-corrected chi connectivity index (χ0v) is 8.66. The van der Waals surface area contributed by atoms with Gasteiger partial charge < -0.3 is 15.2 Å². The SMILES string of the molecule is CNCCC(O)c1ccc(OC)cc1. The van der Waals surface area contributed by atoms with Gasteiger partial charge >= 0.3 is 0 Å². The van der Waals surface area contributed by atoms with Crippen LogP contribution in [0.25, 0.3) is 0 Å². The van der Waals surface area contributed by atoms with Gasteiger partial charge in [0, 0.05) is 0 Å². The Morgan fingerprint density at radius 2 is 2.00 bits per heavy atom. The predicted molar refractivity (Wildman–Crippen MR) is 56.5 cm³/mol. The van der Waals surface area contributed by atoms with E-state index in [1.54, 1.807) is 7.11 Å². The molecule has 2 N–H and O–H groups in total. The van der Waals surface area contributed by atoms with Crippen molar-refractivity contribution in [3.63, 3.8) is 0 Å². The van der Waals surface area contributed by atoms with E-state index >= 15 is 0 Å². The summed E-state index contributed by atoms with van der Waals surface area (Å²) < 4.78 is 5.04. The van der Waals surface area contributed by atoms with Gasteiger partial charge in [0.05, 0.1) is 13.2 Å². The molecular weight excluding hydrogens is 178 g/mol. The van der Waals surface area contributed by atoms with E-state index in [9.17, 15) is 5.11 Å². The lowest BCUT2D eigenvalue weighted by Gasteiger charge is -2.10. The second-order valence-electron chi connectivity index (χ2n) is 3.18. The normalized spacial score (nSPS) is 12.5. The minimum absolute atomic E-state index is 0.395. The molecule has 0 bridgehead atoms. The highest BCUT2D eigenvalue weighted by molar-refractivity contribution is 5.28. The first-order valence-corrected chi connectivity index (χ1v) is 4.74. The minimum atomic E-state index is -0.395. The van der Waals surface area contributed by atoms with Crippen molar-refractivity contribution in [3.8, 4) is 5.75 Å². The van der Waals surface area contributed by atoms with Crippen LogP contribution in [0, 0.1) is 0 Å². The minimum Gasteiger partial charge on any atom is -0.497 e. The van der Waals surface area contributed by atoms with Crippen molar-refractivity contribution in [1.29, 1.82) is 0 Å². The highest BCUT2D eigenvalue weighted by atomic mass is 16.5. The zero-order chi connectivity index (χ0) is 10.4. The maximum Gasteiger partial charge on any atom is 0.118 e. The second kappa shape index (κ2) is 5.62. The lowest BCUT2D eigenvalue weighted by atomic mass is 10.1. The molecule has 1 unspecified atom stereocenters. The molecule has 1 rings (SSSR count). The molecule has 0 radical (unpaired) electrons. The van der Waals surface area contributed by atoms with Gasteiger partial charge in [0.15, 0.2) is 0 Å². The summed E-state index contributed by atoms with van der Waals surface area (Å²) in [5.41, 5.74) is 0.932. The number of methoxy groups -OCH3 is 1. The smallest absolute Gasteiger partial charge is 0.118 e. The van der Waals surface area contributed by atoms with Crippen molar-refractivity contribution >= 4 is 0 Å². The van der Waals surface area contributed by atoms with Crippen LogP contribution < -0.4 is 10.1 Å². The molecular formula is C11H17NO2. The molecule has 14 heavy (non-hydrogen) atoms. The van der Waals surface area contributed by atoms with Gasteiger partial charge in [0.2, 0.25) is 0 Å². The maximum absolute atomic E-state index is 9.73. The fourth-order valence-electron chi connectivity index (χ4n) is 1.27. The summed E-state index contributed by atoms with van der Waals surface area (Å²) in [6, 6.07) is 7.49. The Kier molecular flexibility index (Phi) is 4.43. The molecule has 0 aliphatic carbocycles. The van der Waals surface area contributed by atoms with Crippen molar-refractivity contribution in [2.24, 2.45) is 0 Å². The van der Waals surface area contributed by atoms with Gasteiger partial charge in [-0.25, -0.2) is 0 Å². The van der Waals surface area contributed by atoms with Gasteiger partial charge in [-0.15, -0.1) is 0 Å². The zero-order valence-electron chi connectivity index (χ0n) is 8.66.